The SMILES string of the molecule is C=C(C)C(=O)NCCC(CCC)S(=O)(=O)O. The van der Waals surface area contributed by atoms with Gasteiger partial charge in [0.05, 0.1) is 5.25 Å². The van der Waals surface area contributed by atoms with Crippen LogP contribution in [0.2, 0.25) is 0 Å². The summed E-state index contributed by atoms with van der Waals surface area (Å²) in [5.74, 6) is -0.300. The van der Waals surface area contributed by atoms with Gasteiger partial charge in [-0.25, -0.2) is 0 Å². The molecule has 6 heteroatoms. The molecular weight excluding hydrogens is 230 g/mol. The van der Waals surface area contributed by atoms with E-state index < -0.39 is 15.4 Å². The number of nitrogens with one attached hydrogen (secondary N) is 1. The predicted molar refractivity (Wildman–Crippen MR) is 62.7 cm³/mol. The molecule has 0 rings (SSSR count). The number of hydrogen-bond donors (Lipinski definition) is 2. The quantitative estimate of drug-likeness (QED) is 0.523. The zero-order valence-electron chi connectivity index (χ0n) is 9.69. The highest BCUT2D eigenvalue weighted by molar-refractivity contribution is 7.86. The van der Waals surface area contributed by atoms with Gasteiger partial charge in [-0.3, -0.25) is 9.35 Å². The van der Waals surface area contributed by atoms with E-state index in [0.717, 1.165) is 0 Å². The molecule has 1 atom stereocenters. The molecule has 0 aliphatic heterocycles. The fourth-order valence-electron chi connectivity index (χ4n) is 1.26. The third-order valence-corrected chi connectivity index (χ3v) is 3.49. The highest BCUT2D eigenvalue weighted by atomic mass is 32.2. The maximum Gasteiger partial charge on any atom is 0.267 e. The van der Waals surface area contributed by atoms with Crippen LogP contribution in [0.3, 0.4) is 0 Å². The van der Waals surface area contributed by atoms with E-state index in [-0.39, 0.29) is 18.9 Å². The molecule has 0 heterocycles. The lowest BCUT2D eigenvalue weighted by molar-refractivity contribution is -0.117. The molecule has 0 aromatic carbocycles. The van der Waals surface area contributed by atoms with E-state index in [4.69, 9.17) is 4.55 Å². The van der Waals surface area contributed by atoms with Crippen LogP contribution < -0.4 is 5.32 Å². The van der Waals surface area contributed by atoms with E-state index in [2.05, 4.69) is 11.9 Å². The van der Waals surface area contributed by atoms with Crippen molar-refractivity contribution in [1.82, 2.24) is 5.32 Å². The first kappa shape index (κ1) is 15.1. The summed E-state index contributed by atoms with van der Waals surface area (Å²) in [6.45, 7) is 7.09. The second-order valence-electron chi connectivity index (χ2n) is 3.75. The summed E-state index contributed by atoms with van der Waals surface area (Å²) in [4.78, 5) is 11.1. The number of hydrogen-bond acceptors (Lipinski definition) is 3. The molecule has 0 saturated carbocycles. The number of carbonyl (C=O) groups is 1. The van der Waals surface area contributed by atoms with E-state index in [1.165, 1.54) is 0 Å². The molecule has 94 valence electrons. The van der Waals surface area contributed by atoms with E-state index in [0.29, 0.717) is 18.4 Å². The third kappa shape index (κ3) is 5.87. The monoisotopic (exact) mass is 249 g/mol. The van der Waals surface area contributed by atoms with E-state index >= 15 is 0 Å². The molecule has 0 spiro atoms. The van der Waals surface area contributed by atoms with Crippen molar-refractivity contribution in [3.63, 3.8) is 0 Å². The van der Waals surface area contributed by atoms with Crippen molar-refractivity contribution >= 4 is 16.0 Å². The summed E-state index contributed by atoms with van der Waals surface area (Å²) in [7, 11) is -4.02. The first-order chi connectivity index (χ1) is 7.29. The summed E-state index contributed by atoms with van der Waals surface area (Å²) < 4.78 is 30.8. The second kappa shape index (κ2) is 6.65. The molecule has 1 amide bonds. The van der Waals surface area contributed by atoms with Crippen LogP contribution >= 0.6 is 0 Å². The molecule has 16 heavy (non-hydrogen) atoms. The van der Waals surface area contributed by atoms with Gasteiger partial charge in [0.2, 0.25) is 5.91 Å². The highest BCUT2D eigenvalue weighted by Crippen LogP contribution is 2.10. The Kier molecular flexibility index (Phi) is 6.28. The molecule has 0 fully saturated rings. The minimum absolute atomic E-state index is 0.214. The van der Waals surface area contributed by atoms with Gasteiger partial charge < -0.3 is 5.32 Å². The first-order valence-corrected chi connectivity index (χ1v) is 6.69. The van der Waals surface area contributed by atoms with Gasteiger partial charge in [-0.05, 0) is 19.8 Å². The van der Waals surface area contributed by atoms with Crippen LogP contribution in [0.4, 0.5) is 0 Å². The third-order valence-electron chi connectivity index (χ3n) is 2.17. The van der Waals surface area contributed by atoms with Crippen molar-refractivity contribution in [3.8, 4) is 0 Å². The number of rotatable bonds is 7. The standard InChI is InChI=1S/C10H19NO4S/c1-4-5-9(16(13,14)15)6-7-11-10(12)8(2)3/h9H,2,4-7H2,1,3H3,(H,11,12)(H,13,14,15). The summed E-state index contributed by atoms with van der Waals surface area (Å²) in [5, 5.41) is 1.73. The highest BCUT2D eigenvalue weighted by Gasteiger charge is 2.21. The summed E-state index contributed by atoms with van der Waals surface area (Å²) in [6.07, 6.45) is 1.27. The van der Waals surface area contributed by atoms with Gasteiger partial charge in [-0.2, -0.15) is 8.42 Å². The lowest BCUT2D eigenvalue weighted by atomic mass is 10.2. The first-order valence-electron chi connectivity index (χ1n) is 5.19. The molecule has 0 radical (unpaired) electrons. The fraction of sp³-hybridized carbons (Fsp3) is 0.700. The van der Waals surface area contributed by atoms with E-state index in [1.807, 2.05) is 6.92 Å². The molecule has 0 saturated heterocycles. The van der Waals surface area contributed by atoms with Crippen molar-refractivity contribution < 1.29 is 17.8 Å². The van der Waals surface area contributed by atoms with Crippen molar-refractivity contribution in [2.24, 2.45) is 0 Å². The molecule has 5 nitrogen and oxygen atoms in total. The van der Waals surface area contributed by atoms with Crippen molar-refractivity contribution in [3.05, 3.63) is 12.2 Å². The number of amides is 1. The van der Waals surface area contributed by atoms with Crippen molar-refractivity contribution in [2.45, 2.75) is 38.4 Å². The molecule has 0 aliphatic rings. The molecular formula is C10H19NO4S. The molecule has 1 unspecified atom stereocenters. The average molecular weight is 249 g/mol. The molecule has 2 N–H and O–H groups in total. The van der Waals surface area contributed by atoms with Gasteiger partial charge in [0.15, 0.2) is 0 Å². The smallest absolute Gasteiger partial charge is 0.267 e. The van der Waals surface area contributed by atoms with Crippen molar-refractivity contribution in [1.29, 1.82) is 0 Å². The Labute approximate surface area is 96.7 Å². The van der Waals surface area contributed by atoms with Gasteiger partial charge in [0.1, 0.15) is 0 Å². The van der Waals surface area contributed by atoms with Crippen LogP contribution in [0.5, 0.6) is 0 Å². The second-order valence-corrected chi connectivity index (χ2v) is 5.45. The van der Waals surface area contributed by atoms with E-state index in [9.17, 15) is 13.2 Å². The Hall–Kier alpha value is -0.880. The zero-order valence-corrected chi connectivity index (χ0v) is 10.5. The Morgan fingerprint density at radius 3 is 2.38 bits per heavy atom. The van der Waals surface area contributed by atoms with Gasteiger partial charge in [0.25, 0.3) is 10.1 Å². The molecule has 0 aliphatic carbocycles. The van der Waals surface area contributed by atoms with Gasteiger partial charge in [-0.15, -0.1) is 0 Å². The Morgan fingerprint density at radius 1 is 1.44 bits per heavy atom. The molecule has 0 aromatic heterocycles. The fourth-order valence-corrected chi connectivity index (χ4v) is 2.21. The predicted octanol–water partition coefficient (Wildman–Crippen LogP) is 1.13. The normalized spacial score (nSPS) is 13.2. The maximum atomic E-state index is 11.1. The van der Waals surface area contributed by atoms with Gasteiger partial charge >= 0.3 is 0 Å². The number of carbonyl (C=O) groups excluding carboxylic acids is 1. The zero-order chi connectivity index (χ0) is 12.8. The van der Waals surface area contributed by atoms with E-state index in [1.54, 1.807) is 6.92 Å². The Balaban J connectivity index is 4.15. The van der Waals surface area contributed by atoms with Gasteiger partial charge in [0, 0.05) is 12.1 Å². The minimum atomic E-state index is -4.02. The lowest BCUT2D eigenvalue weighted by Gasteiger charge is -2.13. The average Bonchev–Trinajstić information content (AvgIpc) is 2.14. The Morgan fingerprint density at radius 2 is 2.00 bits per heavy atom. The van der Waals surface area contributed by atoms with Crippen LogP contribution in [0.1, 0.15) is 33.1 Å². The van der Waals surface area contributed by atoms with Crippen molar-refractivity contribution in [2.75, 3.05) is 6.54 Å². The topological polar surface area (TPSA) is 83.5 Å². The lowest BCUT2D eigenvalue weighted by Crippen LogP contribution is -2.30. The largest absolute Gasteiger partial charge is 0.352 e. The van der Waals surface area contributed by atoms with Crippen LogP contribution in [0.25, 0.3) is 0 Å². The maximum absolute atomic E-state index is 11.1. The van der Waals surface area contributed by atoms with Crippen LogP contribution in [0.15, 0.2) is 12.2 Å². The minimum Gasteiger partial charge on any atom is -0.352 e. The Bertz CT molecular complexity index is 348. The summed E-state index contributed by atoms with van der Waals surface area (Å²) >= 11 is 0. The van der Waals surface area contributed by atoms with Crippen LogP contribution in [-0.2, 0) is 14.9 Å². The molecule has 0 bridgehead atoms. The molecule has 0 aromatic rings. The van der Waals surface area contributed by atoms with Crippen LogP contribution in [0, 0.1) is 0 Å². The van der Waals surface area contributed by atoms with Crippen LogP contribution in [-0.4, -0.2) is 30.7 Å². The van der Waals surface area contributed by atoms with Gasteiger partial charge in [-0.1, -0.05) is 19.9 Å². The summed E-state index contributed by atoms with van der Waals surface area (Å²) in [5.41, 5.74) is 0.374. The summed E-state index contributed by atoms with van der Waals surface area (Å²) in [6, 6.07) is 0.